The van der Waals surface area contributed by atoms with Gasteiger partial charge in [0.15, 0.2) is 0 Å². The molecule has 0 amide bonds. The van der Waals surface area contributed by atoms with E-state index in [1.54, 1.807) is 7.11 Å². The van der Waals surface area contributed by atoms with Gasteiger partial charge in [-0.3, -0.25) is 0 Å². The summed E-state index contributed by atoms with van der Waals surface area (Å²) in [4.78, 5) is 0. The molecule has 0 aliphatic heterocycles. The first kappa shape index (κ1) is 13.6. The molecule has 19 heavy (non-hydrogen) atoms. The Bertz CT molecular complexity index is 520. The topological polar surface area (TPSA) is 53.1 Å². The van der Waals surface area contributed by atoms with E-state index >= 15 is 0 Å². The number of ether oxygens (including phenoxy) is 1. The van der Waals surface area contributed by atoms with Crippen LogP contribution >= 0.6 is 0 Å². The van der Waals surface area contributed by atoms with Crippen LogP contribution in [0.5, 0.6) is 0 Å². The van der Waals surface area contributed by atoms with Crippen LogP contribution in [0.15, 0.2) is 30.3 Å². The maximum absolute atomic E-state index is 6.21. The number of hydrogen-bond donors (Lipinski definition) is 1. The van der Waals surface area contributed by atoms with Crippen molar-refractivity contribution < 1.29 is 4.74 Å². The fourth-order valence-corrected chi connectivity index (χ4v) is 2.22. The highest BCUT2D eigenvalue weighted by Crippen LogP contribution is 2.20. The molecule has 4 nitrogen and oxygen atoms in total. The number of nitrogens with zero attached hydrogens (tertiary/aromatic N) is 2. The van der Waals surface area contributed by atoms with Crippen LogP contribution in [0.3, 0.4) is 0 Å². The summed E-state index contributed by atoms with van der Waals surface area (Å²) >= 11 is 0. The van der Waals surface area contributed by atoms with E-state index in [2.05, 4.69) is 24.2 Å². The number of nitrogen functional groups attached to an aromatic ring is 1. The number of rotatable bonds is 6. The highest BCUT2D eigenvalue weighted by atomic mass is 16.5. The minimum absolute atomic E-state index is 0.515. The van der Waals surface area contributed by atoms with Crippen molar-refractivity contribution in [3.63, 3.8) is 0 Å². The first-order chi connectivity index (χ1) is 9.26. The number of aromatic nitrogens is 2. The molecule has 102 valence electrons. The number of benzene rings is 1. The van der Waals surface area contributed by atoms with Gasteiger partial charge in [-0.15, -0.1) is 0 Å². The van der Waals surface area contributed by atoms with Crippen LogP contribution in [0.2, 0.25) is 0 Å². The summed E-state index contributed by atoms with van der Waals surface area (Å²) in [7, 11) is 1.68. The van der Waals surface area contributed by atoms with E-state index in [4.69, 9.17) is 10.5 Å². The van der Waals surface area contributed by atoms with Crippen molar-refractivity contribution >= 4 is 5.82 Å². The molecule has 0 unspecified atom stereocenters. The first-order valence-corrected chi connectivity index (χ1v) is 6.63. The summed E-state index contributed by atoms with van der Waals surface area (Å²) in [6, 6.07) is 10.2. The quantitative estimate of drug-likeness (QED) is 0.867. The number of nitrogens with two attached hydrogens (primary N) is 1. The molecule has 0 radical (unpaired) electrons. The summed E-state index contributed by atoms with van der Waals surface area (Å²) in [6.07, 6.45) is 2.00. The maximum atomic E-state index is 6.21. The van der Waals surface area contributed by atoms with Crippen molar-refractivity contribution in [1.29, 1.82) is 0 Å². The highest BCUT2D eigenvalue weighted by Gasteiger charge is 2.14. The molecule has 0 bridgehead atoms. The fraction of sp³-hybridized carbons (Fsp3) is 0.400. The third kappa shape index (κ3) is 3.15. The SMILES string of the molecule is CCCc1c(COC)nn(Cc2ccccc2)c1N. The van der Waals surface area contributed by atoms with Crippen molar-refractivity contribution in [3.05, 3.63) is 47.2 Å². The van der Waals surface area contributed by atoms with E-state index in [9.17, 15) is 0 Å². The number of anilines is 1. The van der Waals surface area contributed by atoms with Crippen LogP contribution in [0.1, 0.15) is 30.2 Å². The summed E-state index contributed by atoms with van der Waals surface area (Å²) in [6.45, 7) is 3.36. The van der Waals surface area contributed by atoms with Crippen molar-refractivity contribution in [2.24, 2.45) is 0 Å². The monoisotopic (exact) mass is 259 g/mol. The van der Waals surface area contributed by atoms with Gasteiger partial charge in [-0.25, -0.2) is 4.68 Å². The van der Waals surface area contributed by atoms with Crippen LogP contribution in [-0.2, 0) is 24.3 Å². The van der Waals surface area contributed by atoms with Crippen LogP contribution in [0, 0.1) is 0 Å². The smallest absolute Gasteiger partial charge is 0.125 e. The molecule has 0 aliphatic carbocycles. The van der Waals surface area contributed by atoms with Gasteiger partial charge < -0.3 is 10.5 Å². The van der Waals surface area contributed by atoms with Gasteiger partial charge in [0.2, 0.25) is 0 Å². The Morgan fingerprint density at radius 3 is 2.63 bits per heavy atom. The Labute approximate surface area is 114 Å². The molecule has 0 saturated carbocycles. The van der Waals surface area contributed by atoms with Gasteiger partial charge >= 0.3 is 0 Å². The van der Waals surface area contributed by atoms with Crippen molar-refractivity contribution in [1.82, 2.24) is 9.78 Å². The van der Waals surface area contributed by atoms with Gasteiger partial charge in [0.05, 0.1) is 18.8 Å². The van der Waals surface area contributed by atoms with Gasteiger partial charge in [0.1, 0.15) is 5.82 Å². The lowest BCUT2D eigenvalue weighted by Crippen LogP contribution is -2.06. The molecule has 1 heterocycles. The number of hydrogen-bond acceptors (Lipinski definition) is 3. The summed E-state index contributed by atoms with van der Waals surface area (Å²) in [5.41, 5.74) is 9.49. The fourth-order valence-electron chi connectivity index (χ4n) is 2.22. The summed E-state index contributed by atoms with van der Waals surface area (Å²) < 4.78 is 7.07. The van der Waals surface area contributed by atoms with E-state index < -0.39 is 0 Å². The third-order valence-corrected chi connectivity index (χ3v) is 3.13. The third-order valence-electron chi connectivity index (χ3n) is 3.13. The largest absolute Gasteiger partial charge is 0.384 e. The van der Waals surface area contributed by atoms with Crippen LogP contribution in [-0.4, -0.2) is 16.9 Å². The van der Waals surface area contributed by atoms with Gasteiger partial charge in [-0.05, 0) is 12.0 Å². The second kappa shape index (κ2) is 6.38. The second-order valence-electron chi connectivity index (χ2n) is 4.64. The minimum atomic E-state index is 0.515. The van der Waals surface area contributed by atoms with E-state index in [1.807, 2.05) is 22.9 Å². The summed E-state index contributed by atoms with van der Waals surface area (Å²) in [5, 5.41) is 4.58. The van der Waals surface area contributed by atoms with Gasteiger partial charge in [-0.1, -0.05) is 43.7 Å². The molecule has 0 fully saturated rings. The average molecular weight is 259 g/mol. The lowest BCUT2D eigenvalue weighted by Gasteiger charge is -2.05. The zero-order chi connectivity index (χ0) is 13.7. The molecule has 0 atom stereocenters. The Morgan fingerprint density at radius 2 is 2.00 bits per heavy atom. The molecule has 2 aromatic rings. The molecule has 0 aliphatic rings. The first-order valence-electron chi connectivity index (χ1n) is 6.63. The predicted octanol–water partition coefficient (Wildman–Crippen LogP) is 2.61. The molecule has 2 rings (SSSR count). The van der Waals surface area contributed by atoms with Crippen molar-refractivity contribution in [2.75, 3.05) is 12.8 Å². The van der Waals surface area contributed by atoms with E-state index in [-0.39, 0.29) is 0 Å². The Kier molecular flexibility index (Phi) is 4.58. The minimum Gasteiger partial charge on any atom is -0.384 e. The van der Waals surface area contributed by atoms with Gasteiger partial charge in [-0.2, -0.15) is 5.10 Å². The standard InChI is InChI=1S/C15H21N3O/c1-3-7-13-14(11-19-2)17-18(15(13)16)10-12-8-5-4-6-9-12/h4-6,8-9H,3,7,10-11,16H2,1-2H3. The van der Waals surface area contributed by atoms with Crippen LogP contribution < -0.4 is 5.73 Å². The Balaban J connectivity index is 2.28. The summed E-state index contributed by atoms with van der Waals surface area (Å²) in [5.74, 6) is 0.762. The zero-order valence-corrected chi connectivity index (χ0v) is 11.6. The van der Waals surface area contributed by atoms with E-state index in [0.29, 0.717) is 13.2 Å². The van der Waals surface area contributed by atoms with Crippen molar-refractivity contribution in [3.8, 4) is 0 Å². The zero-order valence-electron chi connectivity index (χ0n) is 11.6. The van der Waals surface area contributed by atoms with Crippen LogP contribution in [0.25, 0.3) is 0 Å². The molecule has 0 saturated heterocycles. The molecule has 2 N–H and O–H groups in total. The predicted molar refractivity (Wildman–Crippen MR) is 76.9 cm³/mol. The molecule has 4 heteroatoms. The Hall–Kier alpha value is -1.81. The molecule has 1 aromatic heterocycles. The maximum Gasteiger partial charge on any atom is 0.125 e. The van der Waals surface area contributed by atoms with Crippen LogP contribution in [0.4, 0.5) is 5.82 Å². The van der Waals surface area contributed by atoms with Gasteiger partial charge in [0.25, 0.3) is 0 Å². The molecule has 1 aromatic carbocycles. The van der Waals surface area contributed by atoms with E-state index in [1.165, 1.54) is 5.56 Å². The normalized spacial score (nSPS) is 10.8. The lowest BCUT2D eigenvalue weighted by molar-refractivity contribution is 0.180. The van der Waals surface area contributed by atoms with E-state index in [0.717, 1.165) is 29.9 Å². The lowest BCUT2D eigenvalue weighted by atomic mass is 10.1. The molecular formula is C15H21N3O. The van der Waals surface area contributed by atoms with Crippen molar-refractivity contribution in [2.45, 2.75) is 32.9 Å². The highest BCUT2D eigenvalue weighted by molar-refractivity contribution is 5.44. The van der Waals surface area contributed by atoms with Gasteiger partial charge in [0, 0.05) is 12.7 Å². The number of methoxy groups -OCH3 is 1. The average Bonchev–Trinajstić information content (AvgIpc) is 2.70. The molecule has 0 spiro atoms. The second-order valence-corrected chi connectivity index (χ2v) is 4.64. The molecular weight excluding hydrogens is 238 g/mol. The Morgan fingerprint density at radius 1 is 1.26 bits per heavy atom.